The van der Waals surface area contributed by atoms with Crippen LogP contribution in [0.2, 0.25) is 0 Å². The molecular formula is C8H14N2O2. The van der Waals surface area contributed by atoms with Crippen LogP contribution in [-0.4, -0.2) is 34.8 Å². The average molecular weight is 170 g/mol. The third-order valence-corrected chi connectivity index (χ3v) is 2.10. The normalized spacial score (nSPS) is 30.5. The molecule has 1 amide bonds. The number of rotatable bonds is 2. The quantitative estimate of drug-likeness (QED) is 0.458. The minimum absolute atomic E-state index is 0.284. The van der Waals surface area contributed by atoms with E-state index in [4.69, 9.17) is 5.21 Å². The Morgan fingerprint density at radius 3 is 3.17 bits per heavy atom. The van der Waals surface area contributed by atoms with Crippen LogP contribution in [0.1, 0.15) is 13.3 Å². The fourth-order valence-electron chi connectivity index (χ4n) is 1.35. The Morgan fingerprint density at radius 2 is 2.58 bits per heavy atom. The lowest BCUT2D eigenvalue weighted by molar-refractivity contribution is -0.177. The Labute approximate surface area is 71.8 Å². The molecule has 1 atom stereocenters. The van der Waals surface area contributed by atoms with Crippen LogP contribution in [0.3, 0.4) is 0 Å². The second-order valence-corrected chi connectivity index (χ2v) is 3.18. The van der Waals surface area contributed by atoms with Gasteiger partial charge in [-0.2, -0.15) is 0 Å². The summed E-state index contributed by atoms with van der Waals surface area (Å²) in [4.78, 5) is 11.4. The van der Waals surface area contributed by atoms with E-state index in [0.717, 1.165) is 5.06 Å². The molecule has 0 aliphatic carbocycles. The van der Waals surface area contributed by atoms with Crippen LogP contribution in [0.15, 0.2) is 12.7 Å². The van der Waals surface area contributed by atoms with Crippen molar-refractivity contribution >= 4 is 5.91 Å². The molecule has 1 heterocycles. The van der Waals surface area contributed by atoms with Crippen molar-refractivity contribution in [3.05, 3.63) is 12.7 Å². The SMILES string of the molecule is C=CCC1(C)NCCN(O)C1=O. The average Bonchev–Trinajstić information content (AvgIpc) is 2.01. The van der Waals surface area contributed by atoms with Gasteiger partial charge in [-0.05, 0) is 13.3 Å². The Balaban J connectivity index is 2.73. The number of hydrogen-bond acceptors (Lipinski definition) is 3. The molecule has 12 heavy (non-hydrogen) atoms. The number of nitrogens with zero attached hydrogens (tertiary/aromatic N) is 1. The molecule has 4 heteroatoms. The molecule has 0 saturated carbocycles. The predicted octanol–water partition coefficient (Wildman–Crippen LogP) is 0.142. The number of piperazine rings is 1. The van der Waals surface area contributed by atoms with Crippen LogP contribution in [0.5, 0.6) is 0 Å². The Morgan fingerprint density at radius 1 is 1.92 bits per heavy atom. The highest BCUT2D eigenvalue weighted by atomic mass is 16.5. The monoisotopic (exact) mass is 170 g/mol. The van der Waals surface area contributed by atoms with Crippen LogP contribution >= 0.6 is 0 Å². The first-order chi connectivity index (χ1) is 5.60. The minimum atomic E-state index is -0.672. The first-order valence-electron chi connectivity index (χ1n) is 3.97. The lowest BCUT2D eigenvalue weighted by atomic mass is 9.95. The number of amides is 1. The molecule has 0 bridgehead atoms. The Kier molecular flexibility index (Phi) is 2.49. The summed E-state index contributed by atoms with van der Waals surface area (Å²) in [7, 11) is 0. The van der Waals surface area contributed by atoms with Crippen LogP contribution in [-0.2, 0) is 4.79 Å². The van der Waals surface area contributed by atoms with E-state index < -0.39 is 5.54 Å². The van der Waals surface area contributed by atoms with E-state index in [9.17, 15) is 4.79 Å². The van der Waals surface area contributed by atoms with Gasteiger partial charge < -0.3 is 5.32 Å². The zero-order valence-corrected chi connectivity index (χ0v) is 7.21. The zero-order chi connectivity index (χ0) is 9.19. The largest absolute Gasteiger partial charge is 0.301 e. The molecule has 1 fully saturated rings. The molecule has 1 aliphatic heterocycles. The van der Waals surface area contributed by atoms with Crippen LogP contribution in [0.4, 0.5) is 0 Å². The van der Waals surface area contributed by atoms with Crippen molar-refractivity contribution in [1.29, 1.82) is 0 Å². The number of nitrogens with one attached hydrogen (secondary N) is 1. The highest BCUT2D eigenvalue weighted by Gasteiger charge is 2.37. The molecule has 0 aromatic heterocycles. The van der Waals surface area contributed by atoms with E-state index in [1.807, 2.05) is 0 Å². The predicted molar refractivity (Wildman–Crippen MR) is 44.7 cm³/mol. The summed E-state index contributed by atoms with van der Waals surface area (Å²) >= 11 is 0. The van der Waals surface area contributed by atoms with E-state index in [-0.39, 0.29) is 5.91 Å². The first-order valence-corrected chi connectivity index (χ1v) is 3.97. The fourth-order valence-corrected chi connectivity index (χ4v) is 1.35. The molecular weight excluding hydrogens is 156 g/mol. The third kappa shape index (κ3) is 1.49. The molecule has 1 aliphatic rings. The van der Waals surface area contributed by atoms with Crippen LogP contribution < -0.4 is 5.32 Å². The molecule has 0 spiro atoms. The van der Waals surface area contributed by atoms with Crippen molar-refractivity contribution in [1.82, 2.24) is 10.4 Å². The maximum Gasteiger partial charge on any atom is 0.266 e. The van der Waals surface area contributed by atoms with Gasteiger partial charge in [0.05, 0.1) is 6.54 Å². The maximum absolute atomic E-state index is 11.4. The van der Waals surface area contributed by atoms with Crippen LogP contribution in [0.25, 0.3) is 0 Å². The second-order valence-electron chi connectivity index (χ2n) is 3.18. The summed E-state index contributed by atoms with van der Waals surface area (Å²) < 4.78 is 0. The van der Waals surface area contributed by atoms with E-state index in [2.05, 4.69) is 11.9 Å². The smallest absolute Gasteiger partial charge is 0.266 e. The molecule has 0 aromatic carbocycles. The molecule has 4 nitrogen and oxygen atoms in total. The van der Waals surface area contributed by atoms with Gasteiger partial charge >= 0.3 is 0 Å². The highest BCUT2D eigenvalue weighted by molar-refractivity contribution is 5.85. The summed E-state index contributed by atoms with van der Waals surface area (Å²) in [6.07, 6.45) is 2.20. The summed E-state index contributed by atoms with van der Waals surface area (Å²) in [5, 5.41) is 13.0. The van der Waals surface area contributed by atoms with Crippen molar-refractivity contribution in [2.75, 3.05) is 13.1 Å². The van der Waals surface area contributed by atoms with Gasteiger partial charge in [-0.15, -0.1) is 6.58 Å². The molecule has 1 unspecified atom stereocenters. The van der Waals surface area contributed by atoms with Gasteiger partial charge in [0.15, 0.2) is 0 Å². The van der Waals surface area contributed by atoms with Gasteiger partial charge in [-0.25, -0.2) is 5.06 Å². The molecule has 0 aromatic rings. The Hall–Kier alpha value is -0.870. The molecule has 1 saturated heterocycles. The first kappa shape index (κ1) is 9.22. The summed E-state index contributed by atoms with van der Waals surface area (Å²) in [5.74, 6) is -0.284. The van der Waals surface area contributed by atoms with Gasteiger partial charge in [0.25, 0.3) is 5.91 Å². The van der Waals surface area contributed by atoms with Gasteiger partial charge in [-0.1, -0.05) is 6.08 Å². The lowest BCUT2D eigenvalue weighted by Crippen LogP contribution is -2.61. The molecule has 0 radical (unpaired) electrons. The topological polar surface area (TPSA) is 52.6 Å². The van der Waals surface area contributed by atoms with Gasteiger partial charge in [0.2, 0.25) is 0 Å². The Bertz CT molecular complexity index is 205. The van der Waals surface area contributed by atoms with Gasteiger partial charge in [-0.3, -0.25) is 10.0 Å². The zero-order valence-electron chi connectivity index (χ0n) is 7.21. The number of hydrogen-bond donors (Lipinski definition) is 2. The van der Waals surface area contributed by atoms with Gasteiger partial charge in [0.1, 0.15) is 5.54 Å². The molecule has 2 N–H and O–H groups in total. The number of hydroxylamine groups is 2. The third-order valence-electron chi connectivity index (χ3n) is 2.10. The number of carbonyl (C=O) groups excluding carboxylic acids is 1. The fraction of sp³-hybridized carbons (Fsp3) is 0.625. The van der Waals surface area contributed by atoms with Crippen molar-refractivity contribution in [2.45, 2.75) is 18.9 Å². The standard InChI is InChI=1S/C8H14N2O2/c1-3-4-8(2)7(11)10(12)6-5-9-8/h3,9,12H,1,4-6H2,2H3. The molecule has 68 valence electrons. The van der Waals surface area contributed by atoms with Crippen LogP contribution in [0, 0.1) is 0 Å². The lowest BCUT2D eigenvalue weighted by Gasteiger charge is -2.36. The van der Waals surface area contributed by atoms with E-state index in [1.165, 1.54) is 0 Å². The highest BCUT2D eigenvalue weighted by Crippen LogP contribution is 2.16. The maximum atomic E-state index is 11.4. The van der Waals surface area contributed by atoms with Gasteiger partial charge in [0, 0.05) is 6.54 Å². The van der Waals surface area contributed by atoms with E-state index in [1.54, 1.807) is 13.0 Å². The number of carbonyl (C=O) groups is 1. The summed E-state index contributed by atoms with van der Waals surface area (Å²) in [6.45, 7) is 6.30. The van der Waals surface area contributed by atoms with Crippen molar-refractivity contribution in [3.63, 3.8) is 0 Å². The van der Waals surface area contributed by atoms with Crippen molar-refractivity contribution < 1.29 is 10.0 Å². The summed E-state index contributed by atoms with van der Waals surface area (Å²) in [5.41, 5.74) is -0.672. The van der Waals surface area contributed by atoms with Crippen molar-refractivity contribution in [3.8, 4) is 0 Å². The summed E-state index contributed by atoms with van der Waals surface area (Å²) in [6, 6.07) is 0. The van der Waals surface area contributed by atoms with E-state index >= 15 is 0 Å². The minimum Gasteiger partial charge on any atom is -0.301 e. The molecule has 1 rings (SSSR count). The van der Waals surface area contributed by atoms with E-state index in [0.29, 0.717) is 19.5 Å². The van der Waals surface area contributed by atoms with Crippen molar-refractivity contribution in [2.24, 2.45) is 0 Å². The second kappa shape index (κ2) is 3.25.